The molecular formula is C20H29NO4. The second-order valence-electron chi connectivity index (χ2n) is 7.80. The van der Waals surface area contributed by atoms with Crippen molar-refractivity contribution in [3.63, 3.8) is 0 Å². The van der Waals surface area contributed by atoms with Crippen LogP contribution in [0.1, 0.15) is 58.9 Å². The molecule has 1 unspecified atom stereocenters. The number of esters is 1. The van der Waals surface area contributed by atoms with Gasteiger partial charge in [-0.2, -0.15) is 0 Å². The van der Waals surface area contributed by atoms with Crippen LogP contribution in [0.2, 0.25) is 0 Å². The lowest BCUT2D eigenvalue weighted by molar-refractivity contribution is -0.151. The Labute approximate surface area is 150 Å². The molecule has 0 heterocycles. The lowest BCUT2D eigenvalue weighted by Gasteiger charge is -2.28. The van der Waals surface area contributed by atoms with Crippen LogP contribution in [0.25, 0.3) is 0 Å². The number of nitrogens with one attached hydrogen (secondary N) is 1. The van der Waals surface area contributed by atoms with Gasteiger partial charge in [0.2, 0.25) is 0 Å². The molecule has 5 nitrogen and oxygen atoms in total. The van der Waals surface area contributed by atoms with Crippen molar-refractivity contribution in [3.8, 4) is 5.75 Å². The fourth-order valence-electron chi connectivity index (χ4n) is 3.18. The smallest absolute Gasteiger partial charge is 0.331 e. The van der Waals surface area contributed by atoms with E-state index in [1.54, 1.807) is 6.92 Å². The maximum absolute atomic E-state index is 12.5. The van der Waals surface area contributed by atoms with E-state index in [1.165, 1.54) is 12.7 Å². The Morgan fingerprint density at radius 1 is 1.12 bits per heavy atom. The summed E-state index contributed by atoms with van der Waals surface area (Å²) in [6.07, 6.45) is 2.33. The van der Waals surface area contributed by atoms with E-state index in [9.17, 15) is 9.59 Å². The van der Waals surface area contributed by atoms with Crippen LogP contribution in [0, 0.1) is 0 Å². The van der Waals surface area contributed by atoms with Crippen LogP contribution in [0.5, 0.6) is 5.75 Å². The van der Waals surface area contributed by atoms with E-state index in [0.29, 0.717) is 18.6 Å². The van der Waals surface area contributed by atoms with Gasteiger partial charge < -0.3 is 14.8 Å². The molecule has 0 saturated heterocycles. The zero-order valence-electron chi connectivity index (χ0n) is 15.8. The summed E-state index contributed by atoms with van der Waals surface area (Å²) in [4.78, 5) is 24.6. The van der Waals surface area contributed by atoms with Crippen molar-refractivity contribution in [3.05, 3.63) is 29.8 Å². The van der Waals surface area contributed by atoms with E-state index in [0.717, 1.165) is 12.8 Å². The number of rotatable bonds is 5. The molecule has 2 rings (SSSR count). The molecule has 0 aliphatic heterocycles. The van der Waals surface area contributed by atoms with E-state index >= 15 is 0 Å². The average Bonchev–Trinajstić information content (AvgIpc) is 3.03. The normalized spacial score (nSPS) is 17.6. The minimum Gasteiger partial charge on any atom is -0.481 e. The predicted molar refractivity (Wildman–Crippen MR) is 96.6 cm³/mol. The maximum Gasteiger partial charge on any atom is 0.331 e. The van der Waals surface area contributed by atoms with Gasteiger partial charge in [0.25, 0.3) is 5.91 Å². The first-order chi connectivity index (χ1) is 11.7. The van der Waals surface area contributed by atoms with Gasteiger partial charge in [-0.3, -0.25) is 4.79 Å². The van der Waals surface area contributed by atoms with Gasteiger partial charge in [0.1, 0.15) is 11.3 Å². The molecule has 1 N–H and O–H groups in total. The van der Waals surface area contributed by atoms with Gasteiger partial charge in [-0.25, -0.2) is 4.79 Å². The zero-order valence-corrected chi connectivity index (χ0v) is 15.8. The van der Waals surface area contributed by atoms with Crippen molar-refractivity contribution in [2.75, 3.05) is 7.11 Å². The summed E-state index contributed by atoms with van der Waals surface area (Å²) >= 11 is 0. The highest BCUT2D eigenvalue weighted by atomic mass is 16.5. The van der Waals surface area contributed by atoms with Gasteiger partial charge >= 0.3 is 5.97 Å². The minimum absolute atomic E-state index is 0.0664. The van der Waals surface area contributed by atoms with Gasteiger partial charge in [-0.05, 0) is 42.9 Å². The standard InChI is InChI=1S/C20H29NO4/c1-14(25-16-10-8-15(9-11-16)19(2,3)4)17(22)21-20(18(23)24-5)12-6-7-13-20/h8-11,14H,6-7,12-13H2,1-5H3,(H,21,22). The van der Waals surface area contributed by atoms with E-state index in [2.05, 4.69) is 26.1 Å². The molecule has 138 valence electrons. The number of carbonyl (C=O) groups is 2. The summed E-state index contributed by atoms with van der Waals surface area (Å²) in [5.41, 5.74) is 0.365. The van der Waals surface area contributed by atoms with Crippen LogP contribution in [0.3, 0.4) is 0 Å². The van der Waals surface area contributed by atoms with Gasteiger partial charge in [0.05, 0.1) is 7.11 Å². The van der Waals surface area contributed by atoms with Crippen molar-refractivity contribution < 1.29 is 19.1 Å². The fourth-order valence-corrected chi connectivity index (χ4v) is 3.18. The third-order valence-electron chi connectivity index (χ3n) is 4.80. The van der Waals surface area contributed by atoms with Crippen molar-refractivity contribution in [2.24, 2.45) is 0 Å². The number of carbonyl (C=O) groups excluding carboxylic acids is 2. The first-order valence-electron chi connectivity index (χ1n) is 8.85. The van der Waals surface area contributed by atoms with E-state index in [4.69, 9.17) is 9.47 Å². The molecule has 0 aromatic heterocycles. The topological polar surface area (TPSA) is 64.6 Å². The molecule has 1 saturated carbocycles. The molecule has 1 atom stereocenters. The molecule has 1 aliphatic carbocycles. The Kier molecular flexibility index (Phi) is 5.76. The molecule has 5 heteroatoms. The van der Waals surface area contributed by atoms with Gasteiger partial charge in [0, 0.05) is 0 Å². The van der Waals surface area contributed by atoms with Gasteiger partial charge in [0.15, 0.2) is 6.10 Å². The predicted octanol–water partition coefficient (Wildman–Crippen LogP) is 3.35. The molecule has 0 spiro atoms. The highest BCUT2D eigenvalue weighted by molar-refractivity contribution is 5.90. The summed E-state index contributed by atoms with van der Waals surface area (Å²) in [7, 11) is 1.35. The Hall–Kier alpha value is -2.04. The highest BCUT2D eigenvalue weighted by Crippen LogP contribution is 2.31. The number of hydrogen-bond donors (Lipinski definition) is 1. The number of hydrogen-bond acceptors (Lipinski definition) is 4. The summed E-state index contributed by atoms with van der Waals surface area (Å²) in [5.74, 6) is -0.0403. The van der Waals surface area contributed by atoms with Gasteiger partial charge in [-0.15, -0.1) is 0 Å². The van der Waals surface area contributed by atoms with Crippen LogP contribution in [0.4, 0.5) is 0 Å². The second-order valence-corrected chi connectivity index (χ2v) is 7.80. The molecule has 1 aromatic carbocycles. The molecule has 1 aromatic rings. The largest absolute Gasteiger partial charge is 0.481 e. The third-order valence-corrected chi connectivity index (χ3v) is 4.80. The maximum atomic E-state index is 12.5. The molecule has 1 aliphatic rings. The average molecular weight is 347 g/mol. The lowest BCUT2D eigenvalue weighted by atomic mass is 9.87. The van der Waals surface area contributed by atoms with Crippen LogP contribution in [-0.4, -0.2) is 30.6 Å². The van der Waals surface area contributed by atoms with E-state index in [1.807, 2.05) is 24.3 Å². The monoisotopic (exact) mass is 347 g/mol. The Morgan fingerprint density at radius 3 is 2.16 bits per heavy atom. The van der Waals surface area contributed by atoms with Crippen molar-refractivity contribution in [2.45, 2.75) is 70.4 Å². The van der Waals surface area contributed by atoms with E-state index in [-0.39, 0.29) is 17.3 Å². The molecule has 0 bridgehead atoms. The van der Waals surface area contributed by atoms with Crippen molar-refractivity contribution in [1.29, 1.82) is 0 Å². The van der Waals surface area contributed by atoms with Crippen LogP contribution in [0.15, 0.2) is 24.3 Å². The Bertz CT molecular complexity index is 610. The molecular weight excluding hydrogens is 318 g/mol. The Morgan fingerprint density at radius 2 is 1.68 bits per heavy atom. The summed E-state index contributed by atoms with van der Waals surface area (Å²) in [5, 5.41) is 2.86. The third kappa shape index (κ3) is 4.53. The second kappa shape index (κ2) is 7.46. The number of ether oxygens (including phenoxy) is 2. The van der Waals surface area contributed by atoms with Crippen LogP contribution < -0.4 is 10.1 Å². The Balaban J connectivity index is 2.01. The first-order valence-corrected chi connectivity index (χ1v) is 8.85. The summed E-state index contributed by atoms with van der Waals surface area (Å²) in [6.45, 7) is 8.12. The molecule has 1 fully saturated rings. The fraction of sp³-hybridized carbons (Fsp3) is 0.600. The molecule has 25 heavy (non-hydrogen) atoms. The van der Waals surface area contributed by atoms with Crippen LogP contribution >= 0.6 is 0 Å². The minimum atomic E-state index is -0.903. The summed E-state index contributed by atoms with van der Waals surface area (Å²) in [6, 6.07) is 7.76. The SMILES string of the molecule is COC(=O)C1(NC(=O)C(C)Oc2ccc(C(C)(C)C)cc2)CCCC1. The summed E-state index contributed by atoms with van der Waals surface area (Å²) < 4.78 is 10.6. The zero-order chi connectivity index (χ0) is 18.7. The lowest BCUT2D eigenvalue weighted by Crippen LogP contribution is -2.56. The van der Waals surface area contributed by atoms with Crippen molar-refractivity contribution >= 4 is 11.9 Å². The van der Waals surface area contributed by atoms with Crippen LogP contribution in [-0.2, 0) is 19.7 Å². The quantitative estimate of drug-likeness (QED) is 0.830. The van der Waals surface area contributed by atoms with Gasteiger partial charge in [-0.1, -0.05) is 45.7 Å². The number of methoxy groups -OCH3 is 1. The van der Waals surface area contributed by atoms with E-state index < -0.39 is 11.6 Å². The first kappa shape index (κ1) is 19.3. The van der Waals surface area contributed by atoms with Crippen molar-refractivity contribution in [1.82, 2.24) is 5.32 Å². The number of amides is 1. The molecule has 1 amide bonds. The highest BCUT2D eigenvalue weighted by Gasteiger charge is 2.44. The molecule has 0 radical (unpaired) electrons. The number of benzene rings is 1.